The number of halogens is 1. The van der Waals surface area contributed by atoms with Crippen LogP contribution in [0.3, 0.4) is 0 Å². The zero-order valence-corrected chi connectivity index (χ0v) is 17.2. The van der Waals surface area contributed by atoms with Gasteiger partial charge in [-0.05, 0) is 51.0 Å². The molecule has 0 N–H and O–H groups in total. The van der Waals surface area contributed by atoms with Crippen molar-refractivity contribution in [2.45, 2.75) is 32.7 Å². The normalized spacial score (nSPS) is 19.0. The third-order valence-electron chi connectivity index (χ3n) is 5.57. The zero-order chi connectivity index (χ0) is 21.1. The summed E-state index contributed by atoms with van der Waals surface area (Å²) < 4.78 is 19.6. The summed E-state index contributed by atoms with van der Waals surface area (Å²) in [6, 6.07) is 12.2. The quantitative estimate of drug-likeness (QED) is 0.639. The van der Waals surface area contributed by atoms with Crippen LogP contribution in [0.4, 0.5) is 4.39 Å². The van der Waals surface area contributed by atoms with Gasteiger partial charge in [0.25, 0.3) is 5.91 Å². The molecule has 0 unspecified atom stereocenters. The van der Waals surface area contributed by atoms with Gasteiger partial charge in [-0.25, -0.2) is 4.39 Å². The number of para-hydroxylation sites is 1. The van der Waals surface area contributed by atoms with Crippen LogP contribution in [0.25, 0.3) is 5.69 Å². The molecule has 0 spiro atoms. The number of carbonyl (C=O) groups excluding carboxylic acids is 1. The summed E-state index contributed by atoms with van der Waals surface area (Å²) in [5.74, 6) is -0.0274. The van der Waals surface area contributed by atoms with Crippen molar-refractivity contribution in [1.29, 1.82) is 0 Å². The molecule has 1 saturated heterocycles. The van der Waals surface area contributed by atoms with Crippen molar-refractivity contribution in [1.82, 2.24) is 19.9 Å². The molecule has 156 valence electrons. The maximum absolute atomic E-state index is 13.8. The Morgan fingerprint density at radius 3 is 2.70 bits per heavy atom. The highest BCUT2D eigenvalue weighted by molar-refractivity contribution is 5.98. The van der Waals surface area contributed by atoms with Crippen LogP contribution in [0.5, 0.6) is 5.75 Å². The van der Waals surface area contributed by atoms with Crippen LogP contribution in [0.2, 0.25) is 0 Å². The maximum atomic E-state index is 13.8. The fraction of sp³-hybridized carbons (Fsp3) is 0.348. The van der Waals surface area contributed by atoms with E-state index in [-0.39, 0.29) is 29.4 Å². The van der Waals surface area contributed by atoms with Gasteiger partial charge in [0, 0.05) is 18.5 Å². The molecule has 0 aliphatic carbocycles. The largest absolute Gasteiger partial charge is 0.490 e. The van der Waals surface area contributed by atoms with Crippen molar-refractivity contribution in [3.8, 4) is 11.4 Å². The van der Waals surface area contributed by atoms with Gasteiger partial charge >= 0.3 is 0 Å². The van der Waals surface area contributed by atoms with Crippen LogP contribution in [0.15, 0.2) is 54.9 Å². The van der Waals surface area contributed by atoms with Crippen molar-refractivity contribution in [2.24, 2.45) is 5.92 Å². The molecule has 0 saturated carbocycles. The maximum Gasteiger partial charge on any atom is 0.256 e. The molecule has 30 heavy (non-hydrogen) atoms. The minimum Gasteiger partial charge on any atom is -0.490 e. The summed E-state index contributed by atoms with van der Waals surface area (Å²) in [5, 5.41) is 8.38. The molecule has 3 aromatic rings. The van der Waals surface area contributed by atoms with Crippen LogP contribution in [0.1, 0.15) is 35.7 Å². The lowest BCUT2D eigenvalue weighted by Crippen LogP contribution is -2.47. The zero-order valence-electron chi connectivity index (χ0n) is 17.2. The number of aryl methyl sites for hydroxylation is 1. The Balaban J connectivity index is 1.52. The van der Waals surface area contributed by atoms with Gasteiger partial charge in [0.1, 0.15) is 0 Å². The van der Waals surface area contributed by atoms with Crippen molar-refractivity contribution < 1.29 is 13.9 Å². The third-order valence-corrected chi connectivity index (χ3v) is 5.57. The van der Waals surface area contributed by atoms with E-state index in [0.717, 1.165) is 18.4 Å². The second-order valence-corrected chi connectivity index (χ2v) is 7.83. The number of benzene rings is 2. The van der Waals surface area contributed by atoms with E-state index in [4.69, 9.17) is 4.74 Å². The van der Waals surface area contributed by atoms with Crippen molar-refractivity contribution in [2.75, 3.05) is 13.2 Å². The van der Waals surface area contributed by atoms with E-state index in [9.17, 15) is 9.18 Å². The Labute approximate surface area is 175 Å². The van der Waals surface area contributed by atoms with Gasteiger partial charge in [-0.1, -0.05) is 23.8 Å². The predicted octanol–water partition coefficient (Wildman–Crippen LogP) is 4.03. The Morgan fingerprint density at radius 2 is 1.93 bits per heavy atom. The summed E-state index contributed by atoms with van der Waals surface area (Å²) >= 11 is 0. The number of carbonyl (C=O) groups is 1. The van der Waals surface area contributed by atoms with Crippen LogP contribution in [-0.4, -0.2) is 45.0 Å². The summed E-state index contributed by atoms with van der Waals surface area (Å²) in [6.07, 6.45) is 4.99. The SMILES string of the molecule is Cc1ccc(-n2nccn2)c(C(=O)N2C[C@@H](COc3ccccc3F)CC[C@H]2C)c1. The van der Waals surface area contributed by atoms with Crippen LogP contribution in [0, 0.1) is 18.7 Å². The smallest absolute Gasteiger partial charge is 0.256 e. The Hall–Kier alpha value is -3.22. The summed E-state index contributed by atoms with van der Waals surface area (Å²) in [4.78, 5) is 16.9. The van der Waals surface area contributed by atoms with Gasteiger partial charge in [-0.3, -0.25) is 4.79 Å². The fourth-order valence-corrected chi connectivity index (χ4v) is 3.86. The van der Waals surface area contributed by atoms with Gasteiger partial charge < -0.3 is 9.64 Å². The standard InChI is InChI=1S/C23H25FN4O2/c1-16-7-10-21(28-25-11-12-26-28)19(13-16)23(29)27-14-18(9-8-17(27)2)15-30-22-6-4-3-5-20(22)24/h3-7,10-13,17-18H,8-9,14-15H2,1-2H3/t17-,18+/m1/s1. The molecule has 4 rings (SSSR count). The minimum atomic E-state index is -0.370. The molecule has 1 amide bonds. The van der Waals surface area contributed by atoms with Gasteiger partial charge in [-0.2, -0.15) is 15.0 Å². The monoisotopic (exact) mass is 408 g/mol. The van der Waals surface area contributed by atoms with Gasteiger partial charge in [0.2, 0.25) is 0 Å². The van der Waals surface area contributed by atoms with Gasteiger partial charge in [-0.15, -0.1) is 0 Å². The molecule has 1 aliphatic rings. The predicted molar refractivity (Wildman–Crippen MR) is 111 cm³/mol. The highest BCUT2D eigenvalue weighted by atomic mass is 19.1. The molecule has 7 heteroatoms. The van der Waals surface area contributed by atoms with E-state index >= 15 is 0 Å². The Morgan fingerprint density at radius 1 is 1.17 bits per heavy atom. The molecule has 2 heterocycles. The van der Waals surface area contributed by atoms with Crippen molar-refractivity contribution in [3.05, 3.63) is 71.8 Å². The number of likely N-dealkylation sites (tertiary alicyclic amines) is 1. The summed E-state index contributed by atoms with van der Waals surface area (Å²) in [7, 11) is 0. The average Bonchev–Trinajstić information content (AvgIpc) is 3.28. The molecule has 0 bridgehead atoms. The molecule has 0 radical (unpaired) electrons. The highest BCUT2D eigenvalue weighted by Gasteiger charge is 2.31. The lowest BCUT2D eigenvalue weighted by atomic mass is 9.93. The lowest BCUT2D eigenvalue weighted by molar-refractivity contribution is 0.0502. The first-order chi connectivity index (χ1) is 14.5. The molecule has 1 aliphatic heterocycles. The first-order valence-corrected chi connectivity index (χ1v) is 10.2. The van der Waals surface area contributed by atoms with Crippen LogP contribution >= 0.6 is 0 Å². The first kappa shape index (κ1) is 20.1. The number of ether oxygens (including phenoxy) is 1. The van der Waals surface area contributed by atoms with Crippen LogP contribution < -0.4 is 4.74 Å². The van der Waals surface area contributed by atoms with E-state index < -0.39 is 0 Å². The number of nitrogens with zero attached hydrogens (tertiary/aromatic N) is 4. The Kier molecular flexibility index (Phi) is 5.79. The Bertz CT molecular complexity index is 1020. The molecule has 6 nitrogen and oxygen atoms in total. The van der Waals surface area contributed by atoms with Crippen molar-refractivity contribution in [3.63, 3.8) is 0 Å². The lowest BCUT2D eigenvalue weighted by Gasteiger charge is -2.38. The number of piperidine rings is 1. The van der Waals surface area contributed by atoms with Gasteiger partial charge in [0.15, 0.2) is 11.6 Å². The second-order valence-electron chi connectivity index (χ2n) is 7.83. The highest BCUT2D eigenvalue weighted by Crippen LogP contribution is 2.27. The minimum absolute atomic E-state index is 0.0471. The fourth-order valence-electron chi connectivity index (χ4n) is 3.86. The summed E-state index contributed by atoms with van der Waals surface area (Å²) in [5.41, 5.74) is 2.24. The first-order valence-electron chi connectivity index (χ1n) is 10.2. The molecular formula is C23H25FN4O2. The molecule has 1 fully saturated rings. The van der Waals surface area contributed by atoms with Crippen LogP contribution in [-0.2, 0) is 0 Å². The van der Waals surface area contributed by atoms with Gasteiger partial charge in [0.05, 0.1) is 30.3 Å². The molecule has 2 aromatic carbocycles. The van der Waals surface area contributed by atoms with E-state index in [1.807, 2.05) is 30.0 Å². The number of aromatic nitrogens is 3. The van der Waals surface area contributed by atoms with E-state index in [1.54, 1.807) is 30.6 Å². The van der Waals surface area contributed by atoms with E-state index in [1.165, 1.54) is 10.9 Å². The molecule has 2 atom stereocenters. The number of hydrogen-bond acceptors (Lipinski definition) is 4. The topological polar surface area (TPSA) is 60.2 Å². The number of amides is 1. The number of hydrogen-bond donors (Lipinski definition) is 0. The molecular weight excluding hydrogens is 383 g/mol. The number of rotatable bonds is 5. The molecule has 1 aromatic heterocycles. The second kappa shape index (κ2) is 8.65. The third kappa shape index (κ3) is 4.20. The van der Waals surface area contributed by atoms with E-state index in [2.05, 4.69) is 17.1 Å². The van der Waals surface area contributed by atoms with Crippen molar-refractivity contribution >= 4 is 5.91 Å². The van der Waals surface area contributed by atoms with E-state index in [0.29, 0.717) is 24.4 Å². The summed E-state index contributed by atoms with van der Waals surface area (Å²) in [6.45, 7) is 4.96. The average molecular weight is 408 g/mol.